The Hall–Kier alpha value is -1.03. The van der Waals surface area contributed by atoms with E-state index in [0.717, 1.165) is 18.4 Å². The third-order valence-corrected chi connectivity index (χ3v) is 4.37. The highest BCUT2D eigenvalue weighted by Gasteiger charge is 2.31. The minimum absolute atomic E-state index is 0.260. The lowest BCUT2D eigenvalue weighted by Crippen LogP contribution is -2.16. The Morgan fingerprint density at radius 3 is 2.88 bits per heavy atom. The zero-order valence-corrected chi connectivity index (χ0v) is 11.4. The van der Waals surface area contributed by atoms with Gasteiger partial charge in [-0.1, -0.05) is 13.8 Å². The normalized spacial score (nSPS) is 23.2. The van der Waals surface area contributed by atoms with Gasteiger partial charge < -0.3 is 10.5 Å². The maximum atomic E-state index is 11.9. The third kappa shape index (κ3) is 2.18. The first-order valence-electron chi connectivity index (χ1n) is 6.12. The van der Waals surface area contributed by atoms with Crippen molar-refractivity contribution in [3.63, 3.8) is 0 Å². The Balaban J connectivity index is 2.44. The first-order valence-corrected chi connectivity index (χ1v) is 6.94. The summed E-state index contributed by atoms with van der Waals surface area (Å²) in [7, 11) is 0. The molecular formula is C13H19NO2S. The van der Waals surface area contributed by atoms with Crippen molar-refractivity contribution in [2.24, 2.45) is 5.92 Å². The second kappa shape index (κ2) is 4.69. The van der Waals surface area contributed by atoms with Crippen LogP contribution in [0.15, 0.2) is 0 Å². The minimum Gasteiger partial charge on any atom is -0.462 e. The van der Waals surface area contributed by atoms with Crippen molar-refractivity contribution in [3.05, 3.63) is 16.0 Å². The Bertz CT molecular complexity index is 439. The highest BCUT2D eigenvalue weighted by Crippen LogP contribution is 2.44. The van der Waals surface area contributed by atoms with Gasteiger partial charge >= 0.3 is 5.97 Å². The summed E-state index contributed by atoms with van der Waals surface area (Å²) in [5.41, 5.74) is 7.75. The van der Waals surface area contributed by atoms with Gasteiger partial charge in [0.1, 0.15) is 5.00 Å². The molecule has 2 atom stereocenters. The van der Waals surface area contributed by atoms with Crippen LogP contribution in [0.25, 0.3) is 0 Å². The molecule has 2 unspecified atom stereocenters. The first kappa shape index (κ1) is 12.4. The number of nitrogen functional groups attached to an aromatic ring is 1. The average Bonchev–Trinajstić information content (AvgIpc) is 2.54. The van der Waals surface area contributed by atoms with Crippen molar-refractivity contribution in [3.8, 4) is 0 Å². The molecule has 0 aromatic carbocycles. The molecule has 0 amide bonds. The second-order valence-electron chi connectivity index (χ2n) is 4.84. The molecule has 17 heavy (non-hydrogen) atoms. The average molecular weight is 253 g/mol. The molecule has 0 bridgehead atoms. The van der Waals surface area contributed by atoms with Gasteiger partial charge in [0.25, 0.3) is 0 Å². The summed E-state index contributed by atoms with van der Waals surface area (Å²) in [4.78, 5) is 13.2. The first-order chi connectivity index (χ1) is 8.04. The van der Waals surface area contributed by atoms with Crippen LogP contribution in [0.2, 0.25) is 0 Å². The predicted octanol–water partition coefficient (Wildman–Crippen LogP) is 3.19. The molecule has 4 heteroatoms. The van der Waals surface area contributed by atoms with Gasteiger partial charge in [0, 0.05) is 4.88 Å². The lowest BCUT2D eigenvalue weighted by Gasteiger charge is -2.25. The summed E-state index contributed by atoms with van der Waals surface area (Å²) in [6.45, 7) is 6.63. The second-order valence-corrected chi connectivity index (χ2v) is 5.98. The molecule has 0 spiro atoms. The summed E-state index contributed by atoms with van der Waals surface area (Å²) in [6, 6.07) is 0. The largest absolute Gasteiger partial charge is 0.462 e. The van der Waals surface area contributed by atoms with Crippen LogP contribution in [0.5, 0.6) is 0 Å². The van der Waals surface area contributed by atoms with E-state index in [1.54, 1.807) is 11.3 Å². The van der Waals surface area contributed by atoms with E-state index in [2.05, 4.69) is 13.8 Å². The van der Waals surface area contributed by atoms with Gasteiger partial charge in [-0.15, -0.1) is 11.3 Å². The number of esters is 1. The Morgan fingerprint density at radius 2 is 2.24 bits per heavy atom. The van der Waals surface area contributed by atoms with Crippen LogP contribution in [0.1, 0.15) is 53.9 Å². The number of fused-ring (bicyclic) bond motifs is 1. The number of rotatable bonds is 2. The fourth-order valence-corrected chi connectivity index (χ4v) is 4.06. The van der Waals surface area contributed by atoms with Gasteiger partial charge in [-0.25, -0.2) is 4.79 Å². The fourth-order valence-electron chi connectivity index (χ4n) is 2.72. The summed E-state index contributed by atoms with van der Waals surface area (Å²) in [6.07, 6.45) is 2.16. The quantitative estimate of drug-likeness (QED) is 0.823. The zero-order valence-electron chi connectivity index (χ0n) is 10.6. The zero-order chi connectivity index (χ0) is 12.6. The van der Waals surface area contributed by atoms with Crippen LogP contribution < -0.4 is 5.73 Å². The molecule has 1 aliphatic rings. The van der Waals surface area contributed by atoms with E-state index in [-0.39, 0.29) is 5.97 Å². The van der Waals surface area contributed by atoms with Crippen molar-refractivity contribution in [2.45, 2.75) is 39.5 Å². The van der Waals surface area contributed by atoms with E-state index in [1.165, 1.54) is 4.88 Å². The number of carbonyl (C=O) groups excluding carboxylic acids is 1. The van der Waals surface area contributed by atoms with E-state index in [9.17, 15) is 4.79 Å². The molecule has 1 aliphatic carbocycles. The van der Waals surface area contributed by atoms with Crippen molar-refractivity contribution < 1.29 is 9.53 Å². The van der Waals surface area contributed by atoms with Crippen molar-refractivity contribution in [1.82, 2.24) is 0 Å². The number of hydrogen-bond donors (Lipinski definition) is 1. The molecule has 94 valence electrons. The van der Waals surface area contributed by atoms with E-state index < -0.39 is 0 Å². The minimum atomic E-state index is -0.260. The van der Waals surface area contributed by atoms with Gasteiger partial charge in [0.05, 0.1) is 12.2 Å². The van der Waals surface area contributed by atoms with Crippen LogP contribution in [-0.2, 0) is 11.2 Å². The maximum absolute atomic E-state index is 11.9. The number of anilines is 1. The Morgan fingerprint density at radius 1 is 1.53 bits per heavy atom. The number of hydrogen-bond acceptors (Lipinski definition) is 4. The van der Waals surface area contributed by atoms with E-state index in [4.69, 9.17) is 10.5 Å². The smallest absolute Gasteiger partial charge is 0.341 e. The summed E-state index contributed by atoms with van der Waals surface area (Å²) < 4.78 is 5.10. The van der Waals surface area contributed by atoms with Gasteiger partial charge in [-0.2, -0.15) is 0 Å². The molecule has 1 aromatic heterocycles. The van der Waals surface area contributed by atoms with Crippen LogP contribution in [0, 0.1) is 5.92 Å². The predicted molar refractivity (Wildman–Crippen MR) is 70.6 cm³/mol. The third-order valence-electron chi connectivity index (χ3n) is 3.31. The van der Waals surface area contributed by atoms with E-state index in [1.807, 2.05) is 6.92 Å². The molecule has 3 nitrogen and oxygen atoms in total. The standard InChI is InChI=1S/C13H19NO2S/c1-4-16-13(15)11-10-8(3)5-7(2)6-9(10)17-12(11)14/h7-8H,4-6,14H2,1-3H3. The van der Waals surface area contributed by atoms with Crippen LogP contribution in [0.3, 0.4) is 0 Å². The molecule has 0 aliphatic heterocycles. The lowest BCUT2D eigenvalue weighted by atomic mass is 9.81. The molecule has 1 heterocycles. The fraction of sp³-hybridized carbons (Fsp3) is 0.615. The monoisotopic (exact) mass is 253 g/mol. The molecule has 1 aromatic rings. The van der Waals surface area contributed by atoms with Crippen LogP contribution in [-0.4, -0.2) is 12.6 Å². The van der Waals surface area contributed by atoms with Crippen molar-refractivity contribution >= 4 is 22.3 Å². The molecule has 2 N–H and O–H groups in total. The SMILES string of the molecule is CCOC(=O)c1c(N)sc2c1C(C)CC(C)C2. The van der Waals surface area contributed by atoms with Crippen molar-refractivity contribution in [2.75, 3.05) is 12.3 Å². The molecule has 0 radical (unpaired) electrons. The number of thiophene rings is 1. The number of nitrogens with two attached hydrogens (primary N) is 1. The molecule has 0 saturated heterocycles. The van der Waals surface area contributed by atoms with E-state index in [0.29, 0.717) is 29.0 Å². The molecule has 0 fully saturated rings. The Labute approximate surface area is 106 Å². The number of carbonyl (C=O) groups is 1. The van der Waals surface area contributed by atoms with Gasteiger partial charge in [-0.3, -0.25) is 0 Å². The van der Waals surface area contributed by atoms with Gasteiger partial charge in [0.2, 0.25) is 0 Å². The molecular weight excluding hydrogens is 234 g/mol. The molecule has 2 rings (SSSR count). The van der Waals surface area contributed by atoms with Gasteiger partial charge in [-0.05, 0) is 37.2 Å². The van der Waals surface area contributed by atoms with Crippen molar-refractivity contribution in [1.29, 1.82) is 0 Å². The van der Waals surface area contributed by atoms with Crippen LogP contribution in [0.4, 0.5) is 5.00 Å². The summed E-state index contributed by atoms with van der Waals surface area (Å²) in [5, 5.41) is 0.620. The summed E-state index contributed by atoms with van der Waals surface area (Å²) in [5.74, 6) is 0.816. The molecule has 0 saturated carbocycles. The summed E-state index contributed by atoms with van der Waals surface area (Å²) >= 11 is 1.56. The number of ether oxygens (including phenoxy) is 1. The van der Waals surface area contributed by atoms with Gasteiger partial charge in [0.15, 0.2) is 0 Å². The topological polar surface area (TPSA) is 52.3 Å². The lowest BCUT2D eigenvalue weighted by molar-refractivity contribution is 0.0526. The highest BCUT2D eigenvalue weighted by atomic mass is 32.1. The highest BCUT2D eigenvalue weighted by molar-refractivity contribution is 7.16. The van der Waals surface area contributed by atoms with Crippen LogP contribution >= 0.6 is 11.3 Å². The maximum Gasteiger partial charge on any atom is 0.341 e. The Kier molecular flexibility index (Phi) is 3.43. The van der Waals surface area contributed by atoms with E-state index >= 15 is 0 Å².